The molecule has 1 saturated heterocycles. The van der Waals surface area contributed by atoms with Gasteiger partial charge in [-0.15, -0.1) is 0 Å². The van der Waals surface area contributed by atoms with E-state index in [0.29, 0.717) is 0 Å². The maximum Gasteiger partial charge on any atom is 0.212 e. The Balaban J connectivity index is 2.41. The molecule has 1 heterocycles. The predicted octanol–water partition coefficient (Wildman–Crippen LogP) is -0.712. The molecule has 0 aromatic heterocycles. The Morgan fingerprint density at radius 1 is 1.64 bits per heavy atom. The summed E-state index contributed by atoms with van der Waals surface area (Å²) in [5, 5.41) is 3.13. The van der Waals surface area contributed by atoms with Gasteiger partial charge in [-0.2, -0.15) is 0 Å². The van der Waals surface area contributed by atoms with Crippen LogP contribution in [0.5, 0.6) is 0 Å². The van der Waals surface area contributed by atoms with Gasteiger partial charge in [-0.3, -0.25) is 0 Å². The van der Waals surface area contributed by atoms with Crippen LogP contribution in [-0.4, -0.2) is 33.8 Å². The lowest BCUT2D eigenvalue weighted by molar-refractivity contribution is 0.569. The topological polar surface area (TPSA) is 58.2 Å². The fourth-order valence-corrected chi connectivity index (χ4v) is 2.23. The maximum absolute atomic E-state index is 11.0. The Bertz CT molecular complexity index is 207. The van der Waals surface area contributed by atoms with Gasteiger partial charge >= 0.3 is 0 Å². The first-order valence-corrected chi connectivity index (χ1v) is 5.44. The minimum atomic E-state index is -3.02. The van der Waals surface area contributed by atoms with Gasteiger partial charge in [-0.05, 0) is 26.4 Å². The molecule has 0 radical (unpaired) electrons. The van der Waals surface area contributed by atoms with Crippen LogP contribution in [0.15, 0.2) is 0 Å². The normalized spacial score (nSPS) is 25.7. The van der Waals surface area contributed by atoms with Crippen LogP contribution in [0.3, 0.4) is 0 Å². The van der Waals surface area contributed by atoms with Gasteiger partial charge in [-0.25, -0.2) is 13.1 Å². The molecule has 0 spiro atoms. The smallest absolute Gasteiger partial charge is 0.212 e. The standard InChI is InChI=1S/C6H14N2O2S/c1-7-11(9,10)5-6-3-2-4-8-6/h6-8H,2-5H2,1H3/t6-/m1/s1. The van der Waals surface area contributed by atoms with Gasteiger partial charge in [0.2, 0.25) is 10.0 Å². The summed E-state index contributed by atoms with van der Waals surface area (Å²) >= 11 is 0. The van der Waals surface area contributed by atoms with Crippen LogP contribution >= 0.6 is 0 Å². The third-order valence-corrected chi connectivity index (χ3v) is 3.36. The fourth-order valence-electron chi connectivity index (χ4n) is 1.25. The molecule has 0 aromatic carbocycles. The molecule has 5 heteroatoms. The van der Waals surface area contributed by atoms with Crippen molar-refractivity contribution in [2.45, 2.75) is 18.9 Å². The van der Waals surface area contributed by atoms with E-state index >= 15 is 0 Å². The predicted molar refractivity (Wildman–Crippen MR) is 43.9 cm³/mol. The van der Waals surface area contributed by atoms with Crippen LogP contribution in [0.25, 0.3) is 0 Å². The zero-order valence-electron chi connectivity index (χ0n) is 6.63. The van der Waals surface area contributed by atoms with Gasteiger partial charge in [0.15, 0.2) is 0 Å². The average Bonchev–Trinajstić information content (AvgIpc) is 2.39. The van der Waals surface area contributed by atoms with Crippen LogP contribution in [-0.2, 0) is 10.0 Å². The fraction of sp³-hybridized carbons (Fsp3) is 1.00. The molecule has 66 valence electrons. The summed E-state index contributed by atoms with van der Waals surface area (Å²) in [5.41, 5.74) is 0. The first-order chi connectivity index (χ1) is 5.14. The van der Waals surface area contributed by atoms with Gasteiger partial charge < -0.3 is 5.32 Å². The van der Waals surface area contributed by atoms with E-state index < -0.39 is 10.0 Å². The van der Waals surface area contributed by atoms with Gasteiger partial charge in [0.25, 0.3) is 0 Å². The third-order valence-electron chi connectivity index (χ3n) is 1.89. The van der Waals surface area contributed by atoms with Crippen LogP contribution < -0.4 is 10.0 Å². The number of rotatable bonds is 3. The Labute approximate surface area is 67.4 Å². The monoisotopic (exact) mass is 178 g/mol. The van der Waals surface area contributed by atoms with Crippen molar-refractivity contribution < 1.29 is 8.42 Å². The highest BCUT2D eigenvalue weighted by atomic mass is 32.2. The number of nitrogens with one attached hydrogen (secondary N) is 2. The van der Waals surface area contributed by atoms with E-state index in [9.17, 15) is 8.42 Å². The van der Waals surface area contributed by atoms with Gasteiger partial charge in [0.1, 0.15) is 0 Å². The Hall–Kier alpha value is -0.130. The highest BCUT2D eigenvalue weighted by Crippen LogP contribution is 2.06. The zero-order chi connectivity index (χ0) is 8.32. The molecule has 1 atom stereocenters. The van der Waals surface area contributed by atoms with Crippen molar-refractivity contribution in [1.29, 1.82) is 0 Å². The molecule has 1 aliphatic rings. The SMILES string of the molecule is CNS(=O)(=O)C[C@H]1CCCN1. The second kappa shape index (κ2) is 3.51. The number of sulfonamides is 1. The largest absolute Gasteiger partial charge is 0.313 e. The lowest BCUT2D eigenvalue weighted by Gasteiger charge is -2.08. The summed E-state index contributed by atoms with van der Waals surface area (Å²) in [5.74, 6) is 0.212. The van der Waals surface area contributed by atoms with Crippen molar-refractivity contribution in [3.63, 3.8) is 0 Å². The Morgan fingerprint density at radius 3 is 2.82 bits per heavy atom. The number of hydrogen-bond donors (Lipinski definition) is 2. The quantitative estimate of drug-likeness (QED) is 0.600. The third kappa shape index (κ3) is 2.76. The van der Waals surface area contributed by atoms with E-state index in [0.717, 1.165) is 19.4 Å². The Morgan fingerprint density at radius 2 is 2.36 bits per heavy atom. The summed E-state index contributed by atoms with van der Waals surface area (Å²) in [6.45, 7) is 0.948. The van der Waals surface area contributed by atoms with E-state index in [4.69, 9.17) is 0 Å². The second-order valence-corrected chi connectivity index (χ2v) is 4.75. The molecule has 0 unspecified atom stereocenters. The van der Waals surface area contributed by atoms with E-state index in [2.05, 4.69) is 10.0 Å². The molecule has 1 fully saturated rings. The first-order valence-electron chi connectivity index (χ1n) is 3.78. The first kappa shape index (κ1) is 8.96. The molecule has 0 aliphatic carbocycles. The molecule has 1 aliphatic heterocycles. The van der Waals surface area contributed by atoms with Crippen LogP contribution in [0.4, 0.5) is 0 Å². The van der Waals surface area contributed by atoms with Crippen molar-refractivity contribution in [3.05, 3.63) is 0 Å². The van der Waals surface area contributed by atoms with E-state index in [1.54, 1.807) is 0 Å². The van der Waals surface area contributed by atoms with Crippen LogP contribution in [0, 0.1) is 0 Å². The van der Waals surface area contributed by atoms with Crippen molar-refractivity contribution in [2.75, 3.05) is 19.3 Å². The van der Waals surface area contributed by atoms with Crippen molar-refractivity contribution in [1.82, 2.24) is 10.0 Å². The minimum absolute atomic E-state index is 0.160. The van der Waals surface area contributed by atoms with Crippen LogP contribution in [0.2, 0.25) is 0 Å². The number of hydrogen-bond acceptors (Lipinski definition) is 3. The Kier molecular flexibility index (Phi) is 2.86. The molecule has 0 saturated carbocycles. The molecule has 0 bridgehead atoms. The second-order valence-electron chi connectivity index (χ2n) is 2.78. The lowest BCUT2D eigenvalue weighted by atomic mass is 10.3. The van der Waals surface area contributed by atoms with Crippen molar-refractivity contribution in [3.8, 4) is 0 Å². The van der Waals surface area contributed by atoms with E-state index in [-0.39, 0.29) is 11.8 Å². The highest BCUT2D eigenvalue weighted by molar-refractivity contribution is 7.89. The summed E-state index contributed by atoms with van der Waals surface area (Å²) in [4.78, 5) is 0. The van der Waals surface area contributed by atoms with Gasteiger partial charge in [0.05, 0.1) is 5.75 Å². The molecule has 0 aromatic rings. The summed E-state index contributed by atoms with van der Waals surface area (Å²) in [6, 6.07) is 0.160. The minimum Gasteiger partial charge on any atom is -0.313 e. The van der Waals surface area contributed by atoms with Gasteiger partial charge in [-0.1, -0.05) is 0 Å². The summed E-state index contributed by atoms with van der Waals surface area (Å²) in [7, 11) is -1.57. The van der Waals surface area contributed by atoms with Crippen molar-refractivity contribution in [2.24, 2.45) is 0 Å². The maximum atomic E-state index is 11.0. The molecule has 4 nitrogen and oxygen atoms in total. The average molecular weight is 178 g/mol. The highest BCUT2D eigenvalue weighted by Gasteiger charge is 2.20. The molecule has 11 heavy (non-hydrogen) atoms. The molecular formula is C6H14N2O2S. The zero-order valence-corrected chi connectivity index (χ0v) is 7.45. The van der Waals surface area contributed by atoms with E-state index in [1.165, 1.54) is 7.05 Å². The molecular weight excluding hydrogens is 164 g/mol. The molecule has 2 N–H and O–H groups in total. The van der Waals surface area contributed by atoms with Crippen LogP contribution in [0.1, 0.15) is 12.8 Å². The molecule has 0 amide bonds. The van der Waals surface area contributed by atoms with E-state index in [1.807, 2.05) is 0 Å². The summed E-state index contributed by atoms with van der Waals surface area (Å²) < 4.78 is 24.3. The summed E-state index contributed by atoms with van der Waals surface area (Å²) in [6.07, 6.45) is 2.06. The molecule has 1 rings (SSSR count). The van der Waals surface area contributed by atoms with Crippen molar-refractivity contribution >= 4 is 10.0 Å². The lowest BCUT2D eigenvalue weighted by Crippen LogP contribution is -2.34. The van der Waals surface area contributed by atoms with Gasteiger partial charge in [0, 0.05) is 6.04 Å².